The number of thioether (sulfide) groups is 1. The summed E-state index contributed by atoms with van der Waals surface area (Å²) in [6, 6.07) is 9.19. The minimum atomic E-state index is 0.407. The Morgan fingerprint density at radius 2 is 2.05 bits per heavy atom. The lowest BCUT2D eigenvalue weighted by Crippen LogP contribution is -2.11. The van der Waals surface area contributed by atoms with Gasteiger partial charge in [0.05, 0.1) is 10.7 Å². The van der Waals surface area contributed by atoms with Crippen LogP contribution in [0.4, 0.5) is 0 Å². The van der Waals surface area contributed by atoms with Crippen molar-refractivity contribution in [3.05, 3.63) is 45.9 Å². The average Bonchev–Trinajstić information content (AvgIpc) is 2.93. The third-order valence-electron chi connectivity index (χ3n) is 3.10. The molecule has 1 aromatic heterocycles. The topological polar surface area (TPSA) is 24.9 Å². The van der Waals surface area contributed by atoms with Gasteiger partial charge in [0, 0.05) is 22.1 Å². The van der Waals surface area contributed by atoms with E-state index in [0.717, 1.165) is 12.2 Å². The average molecular weight is 292 g/mol. The summed E-state index contributed by atoms with van der Waals surface area (Å²) in [5, 5.41) is 6.65. The van der Waals surface area contributed by atoms with Crippen LogP contribution in [0, 0.1) is 0 Å². The number of nitrogens with one attached hydrogen (secondary N) is 1. The van der Waals surface area contributed by atoms with E-state index in [9.17, 15) is 0 Å². The maximum Gasteiger partial charge on any atom is 0.0925 e. The number of hydrogen-bond acceptors (Lipinski definition) is 4. The predicted molar refractivity (Wildman–Crippen MR) is 85.0 cm³/mol. The third kappa shape index (κ3) is 4.06. The quantitative estimate of drug-likeness (QED) is 0.804. The Balaban J connectivity index is 1.92. The van der Waals surface area contributed by atoms with E-state index in [1.807, 2.05) is 18.8 Å². The molecule has 1 N–H and O–H groups in total. The number of hydrogen-bond donors (Lipinski definition) is 1. The van der Waals surface area contributed by atoms with Gasteiger partial charge in [0.1, 0.15) is 0 Å². The maximum absolute atomic E-state index is 4.59. The first-order chi connectivity index (χ1) is 9.22. The highest BCUT2D eigenvalue weighted by Crippen LogP contribution is 2.25. The van der Waals surface area contributed by atoms with E-state index in [2.05, 4.69) is 53.8 Å². The lowest BCUT2D eigenvalue weighted by Gasteiger charge is -2.10. The molecule has 0 spiro atoms. The monoisotopic (exact) mass is 292 g/mol. The summed E-state index contributed by atoms with van der Waals surface area (Å²) < 4.78 is 0. The number of aryl methyl sites for hydroxylation is 1. The third-order valence-corrected chi connectivity index (χ3v) is 5.19. The van der Waals surface area contributed by atoms with Crippen LogP contribution < -0.4 is 5.32 Å². The molecule has 102 valence electrons. The van der Waals surface area contributed by atoms with Crippen molar-refractivity contribution < 1.29 is 0 Å². The molecule has 0 radical (unpaired) electrons. The van der Waals surface area contributed by atoms with Crippen molar-refractivity contribution in [2.75, 3.05) is 7.05 Å². The van der Waals surface area contributed by atoms with Gasteiger partial charge in [0.2, 0.25) is 0 Å². The van der Waals surface area contributed by atoms with Gasteiger partial charge in [0.25, 0.3) is 0 Å². The highest BCUT2D eigenvalue weighted by atomic mass is 32.2. The van der Waals surface area contributed by atoms with E-state index >= 15 is 0 Å². The van der Waals surface area contributed by atoms with Crippen LogP contribution in [0.3, 0.4) is 0 Å². The van der Waals surface area contributed by atoms with Crippen LogP contribution in [0.1, 0.15) is 36.2 Å². The van der Waals surface area contributed by atoms with Crippen LogP contribution in [0.15, 0.2) is 34.5 Å². The molecular weight excluding hydrogens is 272 g/mol. The van der Waals surface area contributed by atoms with E-state index in [-0.39, 0.29) is 0 Å². The highest BCUT2D eigenvalue weighted by Gasteiger charge is 2.04. The number of benzene rings is 1. The molecule has 0 fully saturated rings. The molecule has 0 bridgehead atoms. The molecule has 0 saturated heterocycles. The van der Waals surface area contributed by atoms with Crippen molar-refractivity contribution in [2.24, 2.45) is 0 Å². The second-order valence-electron chi connectivity index (χ2n) is 4.45. The minimum Gasteiger partial charge on any atom is -0.313 e. The molecule has 2 nitrogen and oxygen atoms in total. The van der Waals surface area contributed by atoms with Gasteiger partial charge < -0.3 is 5.32 Å². The van der Waals surface area contributed by atoms with E-state index < -0.39 is 0 Å². The molecule has 0 saturated carbocycles. The van der Waals surface area contributed by atoms with Crippen molar-refractivity contribution in [2.45, 2.75) is 37.0 Å². The summed E-state index contributed by atoms with van der Waals surface area (Å²) >= 11 is 3.61. The van der Waals surface area contributed by atoms with E-state index in [1.54, 1.807) is 11.3 Å². The highest BCUT2D eigenvalue weighted by molar-refractivity contribution is 7.98. The Kier molecular flexibility index (Phi) is 5.43. The number of thiazole rings is 1. The first-order valence-electron chi connectivity index (χ1n) is 6.56. The molecule has 0 aliphatic carbocycles. The summed E-state index contributed by atoms with van der Waals surface area (Å²) in [7, 11) is 1.99. The van der Waals surface area contributed by atoms with E-state index in [4.69, 9.17) is 0 Å². The normalized spacial score (nSPS) is 12.6. The van der Waals surface area contributed by atoms with Crippen LogP contribution in [0.5, 0.6) is 0 Å². The zero-order valence-electron chi connectivity index (χ0n) is 11.6. The van der Waals surface area contributed by atoms with Gasteiger partial charge in [-0.25, -0.2) is 4.98 Å². The Morgan fingerprint density at radius 1 is 1.32 bits per heavy atom. The Labute approximate surface area is 123 Å². The Bertz CT molecular complexity index is 505. The summed E-state index contributed by atoms with van der Waals surface area (Å²) in [5.41, 5.74) is 2.52. The van der Waals surface area contributed by atoms with Crippen molar-refractivity contribution in [3.8, 4) is 0 Å². The van der Waals surface area contributed by atoms with Crippen LogP contribution in [0.2, 0.25) is 0 Å². The lowest BCUT2D eigenvalue weighted by molar-refractivity contribution is 0.652. The molecule has 0 amide bonds. The fourth-order valence-electron chi connectivity index (χ4n) is 1.75. The zero-order chi connectivity index (χ0) is 13.7. The first-order valence-corrected chi connectivity index (χ1v) is 8.42. The molecule has 1 heterocycles. The van der Waals surface area contributed by atoms with Gasteiger partial charge >= 0.3 is 0 Å². The molecule has 2 aromatic rings. The van der Waals surface area contributed by atoms with Crippen LogP contribution in [-0.2, 0) is 12.2 Å². The Hall–Kier alpha value is -0.840. The second kappa shape index (κ2) is 7.08. The molecule has 0 aliphatic rings. The number of rotatable bonds is 6. The van der Waals surface area contributed by atoms with Crippen LogP contribution in [0.25, 0.3) is 0 Å². The lowest BCUT2D eigenvalue weighted by atomic mass is 10.1. The molecule has 4 heteroatoms. The second-order valence-corrected chi connectivity index (χ2v) is 6.45. The fourth-order valence-corrected chi connectivity index (χ4v) is 3.40. The molecular formula is C15H20N2S2. The Morgan fingerprint density at radius 3 is 2.63 bits per heavy atom. The van der Waals surface area contributed by atoms with Crippen molar-refractivity contribution in [1.82, 2.24) is 10.3 Å². The molecule has 2 rings (SSSR count). The minimum absolute atomic E-state index is 0.407. The van der Waals surface area contributed by atoms with Crippen molar-refractivity contribution >= 4 is 23.1 Å². The van der Waals surface area contributed by atoms with E-state index in [0.29, 0.717) is 6.04 Å². The number of nitrogens with zero attached hydrogens (tertiary/aromatic N) is 1. The summed E-state index contributed by atoms with van der Waals surface area (Å²) in [5.74, 6) is 0.956. The van der Waals surface area contributed by atoms with Gasteiger partial charge in [-0.2, -0.15) is 0 Å². The smallest absolute Gasteiger partial charge is 0.0925 e. The molecule has 1 aromatic carbocycles. The van der Waals surface area contributed by atoms with Gasteiger partial charge in [-0.05, 0) is 38.1 Å². The summed E-state index contributed by atoms with van der Waals surface area (Å²) in [6.45, 7) is 4.32. The number of aromatic nitrogens is 1. The molecule has 1 atom stereocenters. The summed E-state index contributed by atoms with van der Waals surface area (Å²) in [4.78, 5) is 5.89. The molecule has 19 heavy (non-hydrogen) atoms. The zero-order valence-corrected chi connectivity index (χ0v) is 13.3. The van der Waals surface area contributed by atoms with Gasteiger partial charge in [0.15, 0.2) is 0 Å². The first kappa shape index (κ1) is 14.6. The van der Waals surface area contributed by atoms with Crippen molar-refractivity contribution in [3.63, 3.8) is 0 Å². The van der Waals surface area contributed by atoms with Gasteiger partial charge in [-0.3, -0.25) is 0 Å². The largest absolute Gasteiger partial charge is 0.313 e. The summed E-state index contributed by atoms with van der Waals surface area (Å²) in [6.07, 6.45) is 1.03. The standard InChI is InChI=1S/C15H20N2S2/c1-4-15-17-13(10-19-15)9-18-14-7-5-12(6-8-14)11(2)16-3/h5-8,10-11,16H,4,9H2,1-3H3. The SMILES string of the molecule is CCc1nc(CSc2ccc(C(C)NC)cc2)cs1. The van der Waals surface area contributed by atoms with Gasteiger partial charge in [-0.1, -0.05) is 19.1 Å². The van der Waals surface area contributed by atoms with Crippen molar-refractivity contribution in [1.29, 1.82) is 0 Å². The van der Waals surface area contributed by atoms with Crippen LogP contribution in [-0.4, -0.2) is 12.0 Å². The molecule has 1 unspecified atom stereocenters. The predicted octanol–water partition coefficient (Wildman–Crippen LogP) is 4.28. The fraction of sp³-hybridized carbons (Fsp3) is 0.400. The van der Waals surface area contributed by atoms with E-state index in [1.165, 1.54) is 21.2 Å². The maximum atomic E-state index is 4.59. The molecule has 0 aliphatic heterocycles. The van der Waals surface area contributed by atoms with Gasteiger partial charge in [-0.15, -0.1) is 23.1 Å². The van der Waals surface area contributed by atoms with Crippen LogP contribution >= 0.6 is 23.1 Å².